The highest BCUT2D eigenvalue weighted by atomic mass is 79.9. The average Bonchev–Trinajstić information content (AvgIpc) is 2.38. The maximum atomic E-state index is 12.2. The van der Waals surface area contributed by atoms with Crippen molar-refractivity contribution in [2.24, 2.45) is 0 Å². The highest BCUT2D eigenvalue weighted by Crippen LogP contribution is 2.19. The lowest BCUT2D eigenvalue weighted by atomic mass is 10.1. The number of aryl methyl sites for hydroxylation is 1. The van der Waals surface area contributed by atoms with Crippen molar-refractivity contribution >= 4 is 27.5 Å². The van der Waals surface area contributed by atoms with E-state index in [1.165, 1.54) is 0 Å². The second kappa shape index (κ2) is 6.09. The van der Waals surface area contributed by atoms with Crippen molar-refractivity contribution in [3.8, 4) is 0 Å². The first-order chi connectivity index (χ1) is 9.47. The average molecular weight is 333 g/mol. The molecule has 20 heavy (non-hydrogen) atoms. The van der Waals surface area contributed by atoms with E-state index >= 15 is 0 Å². The highest BCUT2D eigenvalue weighted by molar-refractivity contribution is 9.10. The molecule has 0 heterocycles. The van der Waals surface area contributed by atoms with Crippen LogP contribution in [0.25, 0.3) is 0 Å². The minimum atomic E-state index is -0.157. The zero-order valence-electron chi connectivity index (χ0n) is 11.5. The van der Waals surface area contributed by atoms with E-state index in [2.05, 4.69) is 21.2 Å². The van der Waals surface area contributed by atoms with Gasteiger partial charge in [-0.1, -0.05) is 34.1 Å². The Hall–Kier alpha value is -1.81. The van der Waals surface area contributed by atoms with Crippen molar-refractivity contribution in [3.63, 3.8) is 0 Å². The van der Waals surface area contributed by atoms with E-state index < -0.39 is 0 Å². The summed E-state index contributed by atoms with van der Waals surface area (Å²) in [5.74, 6) is -0.157. The Labute approximate surface area is 127 Å². The number of nitrogen functional groups attached to an aromatic ring is 1. The smallest absolute Gasteiger partial charge is 0.253 e. The summed E-state index contributed by atoms with van der Waals surface area (Å²) in [7, 11) is 0. The van der Waals surface area contributed by atoms with Gasteiger partial charge in [0.15, 0.2) is 0 Å². The minimum absolute atomic E-state index is 0.0827. The van der Waals surface area contributed by atoms with Gasteiger partial charge in [-0.3, -0.25) is 4.79 Å². The molecule has 104 valence electrons. The van der Waals surface area contributed by atoms with Gasteiger partial charge < -0.3 is 11.1 Å². The molecule has 0 radical (unpaired) electrons. The van der Waals surface area contributed by atoms with Crippen molar-refractivity contribution in [1.29, 1.82) is 0 Å². The number of rotatable bonds is 3. The summed E-state index contributed by atoms with van der Waals surface area (Å²) in [4.78, 5) is 12.2. The zero-order chi connectivity index (χ0) is 14.7. The highest BCUT2D eigenvalue weighted by Gasteiger charge is 2.13. The molecule has 0 aliphatic rings. The predicted octanol–water partition coefficient (Wildman–Crippen LogP) is 3.83. The molecule has 0 fully saturated rings. The number of hydrogen-bond donors (Lipinski definition) is 2. The summed E-state index contributed by atoms with van der Waals surface area (Å²) in [6.45, 7) is 3.90. The molecular formula is C16H17BrN2O. The Morgan fingerprint density at radius 1 is 1.25 bits per heavy atom. The van der Waals surface area contributed by atoms with Gasteiger partial charge >= 0.3 is 0 Å². The van der Waals surface area contributed by atoms with Crippen LogP contribution in [0.1, 0.15) is 34.5 Å². The third-order valence-corrected chi connectivity index (χ3v) is 3.64. The second-order valence-electron chi connectivity index (χ2n) is 4.84. The predicted molar refractivity (Wildman–Crippen MR) is 85.6 cm³/mol. The Kier molecular flexibility index (Phi) is 4.45. The summed E-state index contributed by atoms with van der Waals surface area (Å²) in [6, 6.07) is 13.2. The fourth-order valence-corrected chi connectivity index (χ4v) is 2.44. The molecule has 0 saturated carbocycles. The number of amides is 1. The van der Waals surface area contributed by atoms with E-state index in [-0.39, 0.29) is 11.9 Å². The van der Waals surface area contributed by atoms with Gasteiger partial charge in [0.1, 0.15) is 0 Å². The van der Waals surface area contributed by atoms with Gasteiger partial charge in [0.25, 0.3) is 5.91 Å². The molecule has 0 aliphatic carbocycles. The molecule has 2 rings (SSSR count). The number of nitrogens with two attached hydrogens (primary N) is 1. The van der Waals surface area contributed by atoms with Crippen molar-refractivity contribution in [2.45, 2.75) is 19.9 Å². The molecule has 1 amide bonds. The fraction of sp³-hybridized carbons (Fsp3) is 0.188. The third kappa shape index (κ3) is 3.39. The number of benzene rings is 2. The van der Waals surface area contributed by atoms with E-state index in [0.29, 0.717) is 11.3 Å². The van der Waals surface area contributed by atoms with Crippen LogP contribution in [0.15, 0.2) is 46.9 Å². The summed E-state index contributed by atoms with van der Waals surface area (Å²) in [5.41, 5.74) is 8.99. The molecule has 0 bridgehead atoms. The third-order valence-electron chi connectivity index (χ3n) is 3.15. The Balaban J connectivity index is 2.15. The zero-order valence-corrected chi connectivity index (χ0v) is 13.1. The lowest BCUT2D eigenvalue weighted by molar-refractivity contribution is 0.0941. The van der Waals surface area contributed by atoms with Crippen LogP contribution in [0.2, 0.25) is 0 Å². The first-order valence-electron chi connectivity index (χ1n) is 6.40. The normalized spacial score (nSPS) is 11.9. The molecule has 2 aromatic rings. The molecule has 3 N–H and O–H groups in total. The van der Waals surface area contributed by atoms with Gasteiger partial charge in [0.05, 0.1) is 11.6 Å². The van der Waals surface area contributed by atoms with Crippen molar-refractivity contribution in [3.05, 3.63) is 63.6 Å². The number of anilines is 1. The fourth-order valence-electron chi connectivity index (χ4n) is 2.02. The van der Waals surface area contributed by atoms with E-state index in [1.807, 2.05) is 44.2 Å². The van der Waals surface area contributed by atoms with Crippen LogP contribution in [0, 0.1) is 6.92 Å². The summed E-state index contributed by atoms with van der Waals surface area (Å²) in [5, 5.41) is 2.96. The SMILES string of the molecule is Cc1ccc(C(=O)NC(C)c2cccc(Br)c2)c(N)c1. The molecule has 1 unspecified atom stereocenters. The molecular weight excluding hydrogens is 316 g/mol. The van der Waals surface area contributed by atoms with Gasteiger partial charge in [-0.05, 0) is 49.2 Å². The van der Waals surface area contributed by atoms with Crippen molar-refractivity contribution < 1.29 is 4.79 Å². The summed E-state index contributed by atoms with van der Waals surface area (Å²) in [6.07, 6.45) is 0. The number of hydrogen-bond acceptors (Lipinski definition) is 2. The van der Waals surface area contributed by atoms with Crippen LogP contribution in [-0.2, 0) is 0 Å². The standard InChI is InChI=1S/C16H17BrN2O/c1-10-6-7-14(15(18)8-10)16(20)19-11(2)12-4-3-5-13(17)9-12/h3-9,11H,18H2,1-2H3,(H,19,20). The van der Waals surface area contributed by atoms with Crippen LogP contribution >= 0.6 is 15.9 Å². The molecule has 4 heteroatoms. The number of carbonyl (C=O) groups excluding carboxylic acids is 1. The summed E-state index contributed by atoms with van der Waals surface area (Å²) < 4.78 is 0.992. The summed E-state index contributed by atoms with van der Waals surface area (Å²) >= 11 is 3.43. The Morgan fingerprint density at radius 2 is 2.00 bits per heavy atom. The van der Waals surface area contributed by atoms with Crippen LogP contribution in [-0.4, -0.2) is 5.91 Å². The number of carbonyl (C=O) groups is 1. The molecule has 2 aromatic carbocycles. The Bertz CT molecular complexity index is 640. The van der Waals surface area contributed by atoms with E-state index in [1.54, 1.807) is 12.1 Å². The van der Waals surface area contributed by atoms with E-state index in [9.17, 15) is 4.79 Å². The van der Waals surface area contributed by atoms with Gasteiger partial charge in [-0.15, -0.1) is 0 Å². The molecule has 0 aromatic heterocycles. The quantitative estimate of drug-likeness (QED) is 0.839. The van der Waals surface area contributed by atoms with Crippen LogP contribution < -0.4 is 11.1 Å². The van der Waals surface area contributed by atoms with E-state index in [0.717, 1.165) is 15.6 Å². The first kappa shape index (κ1) is 14.6. The molecule has 3 nitrogen and oxygen atoms in total. The van der Waals surface area contributed by atoms with Gasteiger partial charge in [0, 0.05) is 10.2 Å². The van der Waals surface area contributed by atoms with Crippen LogP contribution in [0.3, 0.4) is 0 Å². The van der Waals surface area contributed by atoms with Gasteiger partial charge in [0.2, 0.25) is 0 Å². The lowest BCUT2D eigenvalue weighted by Crippen LogP contribution is -2.27. The molecule has 0 spiro atoms. The topological polar surface area (TPSA) is 55.1 Å². The maximum Gasteiger partial charge on any atom is 0.253 e. The molecule has 0 saturated heterocycles. The van der Waals surface area contributed by atoms with E-state index in [4.69, 9.17) is 5.73 Å². The lowest BCUT2D eigenvalue weighted by Gasteiger charge is -2.15. The largest absolute Gasteiger partial charge is 0.398 e. The van der Waals surface area contributed by atoms with Crippen molar-refractivity contribution in [2.75, 3.05) is 5.73 Å². The molecule has 0 aliphatic heterocycles. The first-order valence-corrected chi connectivity index (χ1v) is 7.19. The number of halogens is 1. The molecule has 1 atom stereocenters. The number of nitrogens with one attached hydrogen (secondary N) is 1. The van der Waals surface area contributed by atoms with Crippen molar-refractivity contribution in [1.82, 2.24) is 5.32 Å². The van der Waals surface area contributed by atoms with Gasteiger partial charge in [-0.2, -0.15) is 0 Å². The van der Waals surface area contributed by atoms with Crippen LogP contribution in [0.4, 0.5) is 5.69 Å². The monoisotopic (exact) mass is 332 g/mol. The van der Waals surface area contributed by atoms with Gasteiger partial charge in [-0.25, -0.2) is 0 Å². The Morgan fingerprint density at radius 3 is 2.65 bits per heavy atom. The van der Waals surface area contributed by atoms with Crippen LogP contribution in [0.5, 0.6) is 0 Å². The minimum Gasteiger partial charge on any atom is -0.398 e. The maximum absolute atomic E-state index is 12.2. The second-order valence-corrected chi connectivity index (χ2v) is 5.76.